The van der Waals surface area contributed by atoms with E-state index in [9.17, 15) is 9.59 Å². The van der Waals surface area contributed by atoms with Gasteiger partial charge in [0.25, 0.3) is 0 Å². The molecule has 1 atom stereocenters. The third-order valence-electron chi connectivity index (χ3n) is 8.37. The minimum absolute atomic E-state index is 0.156. The highest BCUT2D eigenvalue weighted by atomic mass is 16.6. The number of hydrogen-bond donors (Lipinski definition) is 0. The van der Waals surface area contributed by atoms with Gasteiger partial charge in [0.05, 0.1) is 12.3 Å². The average molecular weight is 521 g/mol. The summed E-state index contributed by atoms with van der Waals surface area (Å²) in [7, 11) is 0. The fourth-order valence-corrected chi connectivity index (χ4v) is 5.80. The van der Waals surface area contributed by atoms with Crippen LogP contribution < -0.4 is 0 Å². The van der Waals surface area contributed by atoms with Crippen LogP contribution in [0.25, 0.3) is 0 Å². The Balaban J connectivity index is 1.64. The maximum atomic E-state index is 11.4. The second-order valence-corrected chi connectivity index (χ2v) is 12.0. The lowest BCUT2D eigenvalue weighted by atomic mass is 9.98. The van der Waals surface area contributed by atoms with Crippen molar-refractivity contribution in [2.24, 2.45) is 5.92 Å². The second-order valence-electron chi connectivity index (χ2n) is 12.0. The van der Waals surface area contributed by atoms with Gasteiger partial charge in [0.2, 0.25) is 0 Å². The summed E-state index contributed by atoms with van der Waals surface area (Å²) < 4.78 is 4.61. The Morgan fingerprint density at radius 3 is 0.973 bits per heavy atom. The number of carbonyl (C=O) groups is 2. The lowest BCUT2D eigenvalue weighted by Crippen LogP contribution is -2.06. The van der Waals surface area contributed by atoms with E-state index in [1.165, 1.54) is 173 Å². The van der Waals surface area contributed by atoms with Crippen molar-refractivity contribution in [1.29, 1.82) is 0 Å². The van der Waals surface area contributed by atoms with Gasteiger partial charge in [-0.15, -0.1) is 0 Å². The first-order chi connectivity index (χ1) is 18.2. The molecule has 37 heavy (non-hydrogen) atoms. The highest BCUT2D eigenvalue weighted by Crippen LogP contribution is 2.23. The lowest BCUT2D eigenvalue weighted by Gasteiger charge is -2.05. The average Bonchev–Trinajstić information content (AvgIpc) is 3.22. The van der Waals surface area contributed by atoms with Crippen LogP contribution in [0.4, 0.5) is 0 Å². The van der Waals surface area contributed by atoms with Crippen molar-refractivity contribution in [3.05, 3.63) is 0 Å². The molecule has 3 heteroatoms. The Bertz CT molecular complexity index is 515. The van der Waals surface area contributed by atoms with Crippen molar-refractivity contribution in [3.8, 4) is 0 Å². The van der Waals surface area contributed by atoms with E-state index in [0.717, 1.165) is 12.8 Å². The van der Waals surface area contributed by atoms with E-state index in [4.69, 9.17) is 0 Å². The Morgan fingerprint density at radius 1 is 0.459 bits per heavy atom. The van der Waals surface area contributed by atoms with Crippen LogP contribution in [0.3, 0.4) is 0 Å². The van der Waals surface area contributed by atoms with Crippen molar-refractivity contribution >= 4 is 11.9 Å². The van der Waals surface area contributed by atoms with Crippen LogP contribution in [0.2, 0.25) is 0 Å². The Kier molecular flexibility index (Phi) is 24.7. The number of hydrogen-bond acceptors (Lipinski definition) is 3. The maximum Gasteiger partial charge on any atom is 0.317 e. The quantitative estimate of drug-likeness (QED) is 0.0559. The maximum absolute atomic E-state index is 11.4. The van der Waals surface area contributed by atoms with E-state index < -0.39 is 0 Å². The van der Waals surface area contributed by atoms with Crippen LogP contribution in [-0.4, -0.2) is 11.9 Å². The van der Waals surface area contributed by atoms with Crippen molar-refractivity contribution in [3.63, 3.8) is 0 Å². The van der Waals surface area contributed by atoms with Crippen molar-refractivity contribution in [2.45, 2.75) is 200 Å². The fraction of sp³-hybridized carbons (Fsp3) is 0.941. The largest absolute Gasteiger partial charge is 0.393 e. The zero-order valence-corrected chi connectivity index (χ0v) is 25.0. The molecule has 1 unspecified atom stereocenters. The van der Waals surface area contributed by atoms with Crippen molar-refractivity contribution in [1.82, 2.24) is 0 Å². The Morgan fingerprint density at radius 2 is 0.730 bits per heavy atom. The third-order valence-corrected chi connectivity index (χ3v) is 8.37. The molecule has 1 aliphatic rings. The topological polar surface area (TPSA) is 43.4 Å². The van der Waals surface area contributed by atoms with E-state index in [-0.39, 0.29) is 17.9 Å². The normalized spacial score (nSPS) is 15.5. The van der Waals surface area contributed by atoms with Gasteiger partial charge < -0.3 is 4.74 Å². The summed E-state index contributed by atoms with van der Waals surface area (Å²) in [6.07, 6.45) is 40.5. The first kappa shape index (κ1) is 34.2. The van der Waals surface area contributed by atoms with E-state index in [1.807, 2.05) is 0 Å². The molecular weight excluding hydrogens is 456 g/mol. The molecule has 0 saturated carbocycles. The molecule has 3 nitrogen and oxygen atoms in total. The number of cyclic esters (lactones) is 2. The Labute approximate surface area is 231 Å². The summed E-state index contributed by atoms with van der Waals surface area (Å²) in [5, 5.41) is 0. The van der Waals surface area contributed by atoms with Gasteiger partial charge in [-0.05, 0) is 6.42 Å². The summed E-state index contributed by atoms with van der Waals surface area (Å²) in [5.41, 5.74) is 0. The van der Waals surface area contributed by atoms with Gasteiger partial charge in [-0.2, -0.15) is 0 Å². The van der Waals surface area contributed by atoms with E-state index in [2.05, 4.69) is 11.7 Å². The smallest absolute Gasteiger partial charge is 0.317 e. The molecule has 1 fully saturated rings. The lowest BCUT2D eigenvalue weighted by molar-refractivity contribution is -0.153. The minimum atomic E-state index is -0.338. The molecule has 0 aliphatic carbocycles. The van der Waals surface area contributed by atoms with Crippen molar-refractivity contribution in [2.75, 3.05) is 0 Å². The van der Waals surface area contributed by atoms with E-state index in [0.29, 0.717) is 6.42 Å². The van der Waals surface area contributed by atoms with Crippen molar-refractivity contribution < 1.29 is 14.3 Å². The molecule has 0 N–H and O–H groups in total. The van der Waals surface area contributed by atoms with Gasteiger partial charge in [-0.1, -0.05) is 187 Å². The molecule has 0 bridgehead atoms. The summed E-state index contributed by atoms with van der Waals surface area (Å²) in [5.74, 6) is -0.790. The first-order valence-electron chi connectivity index (χ1n) is 17.0. The molecule has 0 radical (unpaired) electrons. The number of ether oxygens (including phenoxy) is 1. The standard InChI is InChI=1S/C34H64O3/c1-2-3-4-5-6-7-8-9-10-11-12-13-14-15-16-17-18-19-20-21-22-23-24-25-26-27-28-29-30-32-31-33(35)37-34(32)36/h32H,2-31H2,1H3. The molecule has 1 rings (SSSR count). The van der Waals surface area contributed by atoms with E-state index in [1.54, 1.807) is 0 Å². The SMILES string of the molecule is CCCCCCCCCCCCCCCCCCCCCCCCCCCCCCC1CC(=O)OC1=O. The number of unbranched alkanes of at least 4 members (excludes halogenated alkanes) is 27. The van der Waals surface area contributed by atoms with Gasteiger partial charge in [-0.3, -0.25) is 9.59 Å². The first-order valence-corrected chi connectivity index (χ1v) is 17.0. The van der Waals surface area contributed by atoms with Gasteiger partial charge in [0.1, 0.15) is 0 Å². The van der Waals surface area contributed by atoms with Crippen LogP contribution in [0, 0.1) is 5.92 Å². The van der Waals surface area contributed by atoms with Gasteiger partial charge in [0.15, 0.2) is 0 Å². The summed E-state index contributed by atoms with van der Waals surface area (Å²) in [4.78, 5) is 22.5. The van der Waals surface area contributed by atoms with Gasteiger partial charge in [-0.25, -0.2) is 0 Å². The molecular formula is C34H64O3. The monoisotopic (exact) mass is 520 g/mol. The minimum Gasteiger partial charge on any atom is -0.393 e. The van der Waals surface area contributed by atoms with Crippen LogP contribution in [0.15, 0.2) is 0 Å². The molecule has 0 spiro atoms. The second kappa shape index (κ2) is 26.7. The van der Waals surface area contributed by atoms with Crippen LogP contribution in [-0.2, 0) is 14.3 Å². The molecule has 0 aromatic carbocycles. The zero-order valence-electron chi connectivity index (χ0n) is 25.0. The summed E-state index contributed by atoms with van der Waals surface area (Å²) in [6, 6.07) is 0. The van der Waals surface area contributed by atoms with E-state index >= 15 is 0 Å². The predicted octanol–water partition coefficient (Wildman–Crippen LogP) is 11.4. The van der Waals surface area contributed by atoms with Gasteiger partial charge in [0, 0.05) is 0 Å². The third kappa shape index (κ3) is 22.8. The molecule has 1 saturated heterocycles. The fourth-order valence-electron chi connectivity index (χ4n) is 5.80. The molecule has 218 valence electrons. The van der Waals surface area contributed by atoms with Gasteiger partial charge >= 0.3 is 11.9 Å². The predicted molar refractivity (Wildman–Crippen MR) is 159 cm³/mol. The van der Waals surface area contributed by atoms with Crippen LogP contribution in [0.1, 0.15) is 200 Å². The number of carbonyl (C=O) groups excluding carboxylic acids is 2. The highest BCUT2D eigenvalue weighted by molar-refractivity contribution is 5.94. The number of esters is 2. The molecule has 0 aromatic rings. The number of rotatable bonds is 29. The summed E-state index contributed by atoms with van der Waals surface area (Å²) >= 11 is 0. The molecule has 0 amide bonds. The molecule has 1 heterocycles. The highest BCUT2D eigenvalue weighted by Gasteiger charge is 2.32. The zero-order chi connectivity index (χ0) is 26.7. The van der Waals surface area contributed by atoms with Crippen LogP contribution >= 0.6 is 0 Å². The molecule has 0 aromatic heterocycles. The Hall–Kier alpha value is -0.860. The molecule has 1 aliphatic heterocycles. The van der Waals surface area contributed by atoms with Crippen LogP contribution in [0.5, 0.6) is 0 Å². The summed E-state index contributed by atoms with van der Waals surface area (Å²) in [6.45, 7) is 2.30.